The number of halogens is 4. The molecule has 0 amide bonds. The molecule has 0 aromatic heterocycles. The Labute approximate surface area is 167 Å². The quantitative estimate of drug-likeness (QED) is 0.384. The van der Waals surface area contributed by atoms with Crippen molar-refractivity contribution in [1.82, 2.24) is 5.32 Å². The summed E-state index contributed by atoms with van der Waals surface area (Å²) < 4.78 is 51.8. The Morgan fingerprint density at radius 1 is 1.46 bits per heavy atom. The molecule has 0 spiro atoms. The largest absolute Gasteiger partial charge is 0.611 e. The molecule has 0 saturated carbocycles. The number of hydrogen-bond donors (Lipinski definition) is 3. The summed E-state index contributed by atoms with van der Waals surface area (Å²) in [6.07, 6.45) is -2.54. The molecule has 6 nitrogen and oxygen atoms in total. The highest BCUT2D eigenvalue weighted by atomic mass is 35.5. The molecule has 1 aromatic carbocycles. The van der Waals surface area contributed by atoms with Gasteiger partial charge in [-0.2, -0.15) is 23.7 Å². The lowest BCUT2D eigenvalue weighted by atomic mass is 9.83. The van der Waals surface area contributed by atoms with Crippen LogP contribution in [0.3, 0.4) is 0 Å². The molecule has 2 unspecified atom stereocenters. The molecule has 0 saturated heterocycles. The third kappa shape index (κ3) is 3.80. The third-order valence-electron chi connectivity index (χ3n) is 4.06. The summed E-state index contributed by atoms with van der Waals surface area (Å²) >= 11 is 4.27. The zero-order chi connectivity index (χ0) is 21.3. The maximum atomic E-state index is 13.2. The van der Waals surface area contributed by atoms with E-state index < -0.39 is 34.2 Å². The molecule has 28 heavy (non-hydrogen) atoms. The Hall–Kier alpha value is -2.66. The van der Waals surface area contributed by atoms with Crippen LogP contribution in [0.25, 0.3) is 0 Å². The van der Waals surface area contributed by atoms with Crippen molar-refractivity contribution in [1.29, 1.82) is 15.9 Å². The molecule has 1 aliphatic heterocycles. The standard InChI is InChI=1S/C17H13ClF3N5OS/c1-3-16(4-5-22)10-6-9(17(19,20)21)7-11(18)13(10)25-15(26-16)14(28(2)27)12(24)8-23/h3,6-7,24-26H,1,4H2,2H3/b15-14-,24-12?. The Kier molecular flexibility index (Phi) is 6.00. The van der Waals surface area contributed by atoms with E-state index in [-0.39, 0.29) is 33.4 Å². The fourth-order valence-corrected chi connectivity index (χ4v) is 3.76. The van der Waals surface area contributed by atoms with Crippen molar-refractivity contribution in [2.45, 2.75) is 18.1 Å². The SMILES string of the molecule is C=CC1(CC#N)N/C(=C(/C(=N)C#N)[S+](C)[O-])Nc2c(Cl)cc(C(F)(F)F)cc21. The minimum absolute atomic E-state index is 0.0114. The zero-order valence-corrected chi connectivity index (χ0v) is 15.9. The molecular weight excluding hydrogens is 415 g/mol. The highest BCUT2D eigenvalue weighted by Gasteiger charge is 2.42. The summed E-state index contributed by atoms with van der Waals surface area (Å²) in [7, 11) is 0. The van der Waals surface area contributed by atoms with E-state index in [4.69, 9.17) is 22.3 Å². The Balaban J connectivity index is 2.87. The Morgan fingerprint density at radius 2 is 2.11 bits per heavy atom. The van der Waals surface area contributed by atoms with Crippen molar-refractivity contribution < 1.29 is 17.7 Å². The first-order valence-electron chi connectivity index (χ1n) is 7.54. The normalized spacial score (nSPS) is 21.1. The highest BCUT2D eigenvalue weighted by molar-refractivity contribution is 7.95. The second kappa shape index (κ2) is 7.76. The summed E-state index contributed by atoms with van der Waals surface area (Å²) in [6, 6.07) is 5.00. The van der Waals surface area contributed by atoms with Gasteiger partial charge in [-0.3, -0.25) is 5.41 Å². The number of nitrogens with one attached hydrogen (secondary N) is 3. The number of alkyl halides is 3. The van der Waals surface area contributed by atoms with E-state index in [2.05, 4.69) is 17.2 Å². The topological polar surface area (TPSA) is 119 Å². The van der Waals surface area contributed by atoms with E-state index in [0.717, 1.165) is 12.1 Å². The molecule has 146 valence electrons. The van der Waals surface area contributed by atoms with E-state index in [1.807, 2.05) is 6.07 Å². The maximum absolute atomic E-state index is 13.2. The van der Waals surface area contributed by atoms with Crippen molar-refractivity contribution in [3.05, 3.63) is 51.7 Å². The van der Waals surface area contributed by atoms with Crippen LogP contribution in [-0.2, 0) is 22.9 Å². The molecule has 0 radical (unpaired) electrons. The van der Waals surface area contributed by atoms with Gasteiger partial charge in [0.25, 0.3) is 0 Å². The van der Waals surface area contributed by atoms with Crippen LogP contribution >= 0.6 is 11.6 Å². The van der Waals surface area contributed by atoms with Gasteiger partial charge >= 0.3 is 6.18 Å². The van der Waals surface area contributed by atoms with Gasteiger partial charge in [0.2, 0.25) is 4.91 Å². The van der Waals surface area contributed by atoms with Gasteiger partial charge < -0.3 is 15.2 Å². The predicted molar refractivity (Wildman–Crippen MR) is 99.7 cm³/mol. The minimum Gasteiger partial charge on any atom is -0.611 e. The summed E-state index contributed by atoms with van der Waals surface area (Å²) in [6.45, 7) is 3.62. The average molecular weight is 428 g/mol. The first kappa shape index (κ1) is 21.6. The summed E-state index contributed by atoms with van der Waals surface area (Å²) in [4.78, 5) is -0.215. The first-order chi connectivity index (χ1) is 13.0. The number of hydrogen-bond acceptors (Lipinski definition) is 6. The lowest BCUT2D eigenvalue weighted by Crippen LogP contribution is -2.47. The molecule has 11 heteroatoms. The van der Waals surface area contributed by atoms with Crippen molar-refractivity contribution in [3.63, 3.8) is 0 Å². The summed E-state index contributed by atoms with van der Waals surface area (Å²) in [5.74, 6) is -0.0725. The molecule has 0 aliphatic carbocycles. The molecule has 1 aromatic rings. The first-order valence-corrected chi connectivity index (χ1v) is 9.48. The lowest BCUT2D eigenvalue weighted by molar-refractivity contribution is -0.137. The minimum atomic E-state index is -4.67. The van der Waals surface area contributed by atoms with E-state index in [0.29, 0.717) is 0 Å². The van der Waals surface area contributed by atoms with Gasteiger partial charge in [0.15, 0.2) is 11.5 Å². The number of fused-ring (bicyclic) bond motifs is 1. The van der Waals surface area contributed by atoms with Crippen LogP contribution in [0.2, 0.25) is 5.02 Å². The predicted octanol–water partition coefficient (Wildman–Crippen LogP) is 3.76. The summed E-state index contributed by atoms with van der Waals surface area (Å²) in [5.41, 5.74) is -3.10. The molecule has 1 aliphatic rings. The van der Waals surface area contributed by atoms with Gasteiger partial charge in [0.1, 0.15) is 12.3 Å². The lowest BCUT2D eigenvalue weighted by Gasteiger charge is -2.39. The van der Waals surface area contributed by atoms with Gasteiger partial charge in [-0.1, -0.05) is 17.7 Å². The number of anilines is 1. The van der Waals surface area contributed by atoms with Crippen LogP contribution in [-0.4, -0.2) is 16.5 Å². The second-order valence-electron chi connectivity index (χ2n) is 5.78. The van der Waals surface area contributed by atoms with Crippen LogP contribution in [0.5, 0.6) is 0 Å². The van der Waals surface area contributed by atoms with Gasteiger partial charge in [-0.05, 0) is 23.3 Å². The number of allylic oxidation sites excluding steroid dienone is 1. The van der Waals surface area contributed by atoms with Crippen LogP contribution in [0, 0.1) is 28.1 Å². The fraction of sp³-hybridized carbons (Fsp3) is 0.235. The van der Waals surface area contributed by atoms with E-state index >= 15 is 0 Å². The van der Waals surface area contributed by atoms with Crippen LogP contribution < -0.4 is 10.6 Å². The van der Waals surface area contributed by atoms with E-state index in [1.54, 1.807) is 6.07 Å². The molecular formula is C17H13ClF3N5OS. The van der Waals surface area contributed by atoms with Gasteiger partial charge in [0, 0.05) is 5.56 Å². The number of nitrogens with zero attached hydrogens (tertiary/aromatic N) is 2. The molecule has 1 heterocycles. The van der Waals surface area contributed by atoms with Gasteiger partial charge in [-0.25, -0.2) is 0 Å². The molecule has 0 bridgehead atoms. The van der Waals surface area contributed by atoms with Crippen molar-refractivity contribution in [2.24, 2.45) is 0 Å². The van der Waals surface area contributed by atoms with Crippen molar-refractivity contribution in [3.8, 4) is 12.1 Å². The van der Waals surface area contributed by atoms with Crippen LogP contribution in [0.1, 0.15) is 17.5 Å². The van der Waals surface area contributed by atoms with Gasteiger partial charge in [-0.15, -0.1) is 6.58 Å². The third-order valence-corrected chi connectivity index (χ3v) is 5.34. The monoisotopic (exact) mass is 427 g/mol. The number of benzene rings is 1. The zero-order valence-electron chi connectivity index (χ0n) is 14.4. The van der Waals surface area contributed by atoms with Crippen molar-refractivity contribution in [2.75, 3.05) is 11.6 Å². The van der Waals surface area contributed by atoms with Crippen LogP contribution in [0.4, 0.5) is 18.9 Å². The second-order valence-corrected chi connectivity index (χ2v) is 7.51. The van der Waals surface area contributed by atoms with Crippen molar-refractivity contribution >= 4 is 34.2 Å². The maximum Gasteiger partial charge on any atom is 0.416 e. The average Bonchev–Trinajstić information content (AvgIpc) is 2.61. The Bertz CT molecular complexity index is 961. The molecule has 3 N–H and O–H groups in total. The molecule has 2 rings (SSSR count). The number of nitriles is 2. The Morgan fingerprint density at radius 3 is 2.57 bits per heavy atom. The smallest absolute Gasteiger partial charge is 0.416 e. The summed E-state index contributed by atoms with van der Waals surface area (Å²) in [5, 5.41) is 31.2. The van der Waals surface area contributed by atoms with E-state index in [1.165, 1.54) is 12.3 Å². The van der Waals surface area contributed by atoms with Gasteiger partial charge in [0.05, 0.1) is 34.3 Å². The van der Waals surface area contributed by atoms with Crippen LogP contribution in [0.15, 0.2) is 35.5 Å². The van der Waals surface area contributed by atoms with E-state index in [9.17, 15) is 23.0 Å². The molecule has 0 fully saturated rings. The highest BCUT2D eigenvalue weighted by Crippen LogP contribution is 2.45. The number of rotatable bonds is 4. The molecule has 2 atom stereocenters. The fourth-order valence-electron chi connectivity index (χ4n) is 2.77.